The number of carbonyl (C=O) groups excluding carboxylic acids is 1. The first-order valence-corrected chi connectivity index (χ1v) is 7.78. The van der Waals surface area contributed by atoms with Crippen LogP contribution in [0.3, 0.4) is 0 Å². The molecule has 0 saturated carbocycles. The molecule has 6 nitrogen and oxygen atoms in total. The molecule has 1 heterocycles. The van der Waals surface area contributed by atoms with Gasteiger partial charge in [-0.15, -0.1) is 0 Å². The average molecular weight is 327 g/mol. The molecule has 0 spiro atoms. The van der Waals surface area contributed by atoms with Crippen LogP contribution < -0.4 is 10.6 Å². The third-order valence-electron chi connectivity index (χ3n) is 3.69. The molecule has 0 aliphatic carbocycles. The minimum absolute atomic E-state index is 0.234. The Morgan fingerprint density at radius 3 is 2.75 bits per heavy atom. The number of urea groups is 1. The fourth-order valence-corrected chi connectivity index (χ4v) is 2.41. The lowest BCUT2D eigenvalue weighted by Crippen LogP contribution is -2.42. The molecule has 1 aromatic heterocycles. The summed E-state index contributed by atoms with van der Waals surface area (Å²) in [5.74, 6) is 0.478. The van der Waals surface area contributed by atoms with Crippen molar-refractivity contribution in [3.63, 3.8) is 0 Å². The molecule has 24 heavy (non-hydrogen) atoms. The van der Waals surface area contributed by atoms with Crippen LogP contribution in [0.15, 0.2) is 47.1 Å². The highest BCUT2D eigenvalue weighted by atomic mass is 16.4. The number of nitrogens with one attached hydrogen (secondary N) is 2. The number of hydrogen-bond donors (Lipinski definition) is 3. The number of benzene rings is 1. The summed E-state index contributed by atoms with van der Waals surface area (Å²) in [6, 6.07) is 11.8. The van der Waals surface area contributed by atoms with E-state index in [4.69, 9.17) is 9.68 Å². The number of rotatable bonds is 6. The molecule has 0 saturated heterocycles. The molecule has 0 radical (unpaired) electrons. The number of nitriles is 1. The van der Waals surface area contributed by atoms with Crippen LogP contribution in [0.5, 0.6) is 0 Å². The molecular formula is C18H21N3O3. The Morgan fingerprint density at radius 1 is 1.29 bits per heavy atom. The number of aliphatic hydroxyl groups excluding tert-OH is 1. The highest BCUT2D eigenvalue weighted by molar-refractivity contribution is 5.74. The smallest absolute Gasteiger partial charge is 0.315 e. The predicted octanol–water partition coefficient (Wildman–Crippen LogP) is 3.02. The Labute approximate surface area is 141 Å². The van der Waals surface area contributed by atoms with Crippen molar-refractivity contribution in [1.29, 1.82) is 5.26 Å². The van der Waals surface area contributed by atoms with E-state index in [0.717, 1.165) is 5.56 Å². The number of furan rings is 1. The molecule has 1 aromatic carbocycles. The van der Waals surface area contributed by atoms with E-state index in [-0.39, 0.29) is 18.1 Å². The molecule has 0 aliphatic rings. The maximum Gasteiger partial charge on any atom is 0.315 e. The second-order valence-electron chi connectivity index (χ2n) is 5.74. The third-order valence-corrected chi connectivity index (χ3v) is 3.69. The van der Waals surface area contributed by atoms with Crippen molar-refractivity contribution in [3.8, 4) is 6.07 Å². The van der Waals surface area contributed by atoms with Crippen molar-refractivity contribution >= 4 is 6.03 Å². The number of amides is 2. The first kappa shape index (κ1) is 17.6. The van der Waals surface area contributed by atoms with Gasteiger partial charge in [-0.1, -0.05) is 12.1 Å². The van der Waals surface area contributed by atoms with Gasteiger partial charge in [0.25, 0.3) is 0 Å². The molecule has 6 heteroatoms. The lowest BCUT2D eigenvalue weighted by molar-refractivity contribution is 0.129. The van der Waals surface area contributed by atoms with Crippen LogP contribution in [0, 0.1) is 11.3 Å². The van der Waals surface area contributed by atoms with E-state index in [2.05, 4.69) is 16.7 Å². The van der Waals surface area contributed by atoms with E-state index in [1.54, 1.807) is 30.3 Å². The van der Waals surface area contributed by atoms with Gasteiger partial charge >= 0.3 is 6.03 Å². The van der Waals surface area contributed by atoms with Crippen LogP contribution in [0.25, 0.3) is 0 Å². The molecule has 2 aromatic rings. The van der Waals surface area contributed by atoms with E-state index in [9.17, 15) is 9.90 Å². The summed E-state index contributed by atoms with van der Waals surface area (Å²) in [4.78, 5) is 12.1. The van der Waals surface area contributed by atoms with Gasteiger partial charge in [0.2, 0.25) is 0 Å². The zero-order chi connectivity index (χ0) is 17.5. The quantitative estimate of drug-likeness (QED) is 0.759. The van der Waals surface area contributed by atoms with E-state index in [0.29, 0.717) is 17.7 Å². The summed E-state index contributed by atoms with van der Waals surface area (Å²) in [6.45, 7) is 3.66. The maximum atomic E-state index is 12.1. The fourth-order valence-electron chi connectivity index (χ4n) is 2.41. The summed E-state index contributed by atoms with van der Waals surface area (Å²) in [5.41, 5.74) is 1.41. The van der Waals surface area contributed by atoms with Gasteiger partial charge in [0.15, 0.2) is 0 Å². The molecule has 2 amide bonds. The largest absolute Gasteiger partial charge is 0.467 e. The molecule has 0 aliphatic heterocycles. The zero-order valence-electron chi connectivity index (χ0n) is 13.7. The van der Waals surface area contributed by atoms with E-state index in [1.165, 1.54) is 6.26 Å². The molecule has 3 atom stereocenters. The third kappa shape index (κ3) is 4.86. The topological polar surface area (TPSA) is 98.3 Å². The van der Waals surface area contributed by atoms with Crippen molar-refractivity contribution in [2.75, 3.05) is 0 Å². The van der Waals surface area contributed by atoms with Gasteiger partial charge < -0.3 is 20.2 Å². The van der Waals surface area contributed by atoms with E-state index >= 15 is 0 Å². The lowest BCUT2D eigenvalue weighted by Gasteiger charge is -2.20. The Morgan fingerprint density at radius 2 is 2.08 bits per heavy atom. The minimum atomic E-state index is -0.764. The highest BCUT2D eigenvalue weighted by Gasteiger charge is 2.17. The number of aliphatic hydroxyl groups is 1. The van der Waals surface area contributed by atoms with Crippen LogP contribution in [0.4, 0.5) is 4.79 Å². The van der Waals surface area contributed by atoms with Crippen LogP contribution in [0.2, 0.25) is 0 Å². The molecule has 2 rings (SSSR count). The van der Waals surface area contributed by atoms with Crippen LogP contribution in [0.1, 0.15) is 49.3 Å². The number of hydrogen-bond acceptors (Lipinski definition) is 4. The molecule has 126 valence electrons. The average Bonchev–Trinajstić information content (AvgIpc) is 3.09. The Hall–Kier alpha value is -2.78. The Kier molecular flexibility index (Phi) is 5.99. The van der Waals surface area contributed by atoms with Crippen molar-refractivity contribution < 1.29 is 14.3 Å². The molecule has 0 bridgehead atoms. The summed E-state index contributed by atoms with van der Waals surface area (Å²) in [5, 5.41) is 24.5. The van der Waals surface area contributed by atoms with Gasteiger partial charge in [0.1, 0.15) is 11.9 Å². The van der Waals surface area contributed by atoms with Crippen molar-refractivity contribution in [3.05, 3.63) is 59.5 Å². The highest BCUT2D eigenvalue weighted by Crippen LogP contribution is 2.18. The number of carbonyl (C=O) groups is 1. The van der Waals surface area contributed by atoms with Crippen LogP contribution >= 0.6 is 0 Å². The van der Waals surface area contributed by atoms with Crippen LogP contribution in [-0.4, -0.2) is 17.2 Å². The second-order valence-corrected chi connectivity index (χ2v) is 5.74. The molecule has 0 fully saturated rings. The zero-order valence-corrected chi connectivity index (χ0v) is 13.7. The van der Waals surface area contributed by atoms with Crippen LogP contribution in [-0.2, 0) is 0 Å². The normalized spacial score (nSPS) is 14.2. The van der Waals surface area contributed by atoms with Gasteiger partial charge in [0, 0.05) is 12.5 Å². The molecule has 3 N–H and O–H groups in total. The fraction of sp³-hybridized carbons (Fsp3) is 0.333. The van der Waals surface area contributed by atoms with Gasteiger partial charge in [-0.2, -0.15) is 5.26 Å². The minimum Gasteiger partial charge on any atom is -0.467 e. The summed E-state index contributed by atoms with van der Waals surface area (Å²) in [7, 11) is 0. The van der Waals surface area contributed by atoms with Crippen molar-refractivity contribution in [1.82, 2.24) is 10.6 Å². The van der Waals surface area contributed by atoms with Gasteiger partial charge in [-0.05, 0) is 43.7 Å². The maximum absolute atomic E-state index is 12.1. The van der Waals surface area contributed by atoms with Gasteiger partial charge in [0.05, 0.1) is 23.9 Å². The SMILES string of the molecule is C[C@H](C[C@H](O)c1ccco1)NC(=O)N[C@H](C)c1cccc(C#N)c1. The monoisotopic (exact) mass is 327 g/mol. The number of nitrogens with zero attached hydrogens (tertiary/aromatic N) is 1. The Bertz CT molecular complexity index is 707. The molecular weight excluding hydrogens is 306 g/mol. The Balaban J connectivity index is 1.84. The standard InChI is InChI=1S/C18H21N3O3/c1-12(9-16(22)17-7-4-8-24-17)20-18(23)21-13(2)15-6-3-5-14(10-15)11-19/h3-8,10,12-13,16,22H,9H2,1-2H3,(H2,20,21,23)/t12-,13-,16+/m1/s1. The van der Waals surface area contributed by atoms with Crippen molar-refractivity contribution in [2.24, 2.45) is 0 Å². The van der Waals surface area contributed by atoms with E-state index < -0.39 is 6.10 Å². The van der Waals surface area contributed by atoms with Gasteiger partial charge in [-0.25, -0.2) is 4.79 Å². The first-order valence-electron chi connectivity index (χ1n) is 7.78. The second kappa shape index (κ2) is 8.18. The summed E-state index contributed by atoms with van der Waals surface area (Å²) in [6.07, 6.45) is 1.08. The first-order chi connectivity index (χ1) is 11.5. The van der Waals surface area contributed by atoms with E-state index in [1.807, 2.05) is 19.9 Å². The predicted molar refractivity (Wildman–Crippen MR) is 89.0 cm³/mol. The molecule has 0 unspecified atom stereocenters. The summed E-state index contributed by atoms with van der Waals surface area (Å²) < 4.78 is 5.14. The van der Waals surface area contributed by atoms with Gasteiger partial charge in [-0.3, -0.25) is 0 Å². The lowest BCUT2D eigenvalue weighted by atomic mass is 10.1. The summed E-state index contributed by atoms with van der Waals surface area (Å²) >= 11 is 0. The van der Waals surface area contributed by atoms with Crippen molar-refractivity contribution in [2.45, 2.75) is 38.5 Å².